The molecular formula is C22H24N4O3S. The van der Waals surface area contributed by atoms with E-state index in [9.17, 15) is 4.79 Å². The summed E-state index contributed by atoms with van der Waals surface area (Å²) in [7, 11) is 0. The molecule has 0 aliphatic carbocycles. The van der Waals surface area contributed by atoms with Crippen LogP contribution in [0.2, 0.25) is 0 Å². The molecule has 0 radical (unpaired) electrons. The fourth-order valence-corrected chi connectivity index (χ4v) is 4.14. The van der Waals surface area contributed by atoms with Crippen LogP contribution in [0, 0.1) is 0 Å². The van der Waals surface area contributed by atoms with E-state index in [-0.39, 0.29) is 12.4 Å². The number of amides is 1. The number of hydrogen-bond donors (Lipinski definition) is 1. The van der Waals surface area contributed by atoms with E-state index < -0.39 is 0 Å². The summed E-state index contributed by atoms with van der Waals surface area (Å²) in [6.45, 7) is 4.23. The zero-order chi connectivity index (χ0) is 21.2. The van der Waals surface area contributed by atoms with Crippen molar-refractivity contribution >= 4 is 23.7 Å². The van der Waals surface area contributed by atoms with Gasteiger partial charge in [-0.25, -0.2) is 0 Å². The molecule has 0 saturated carbocycles. The Labute approximate surface area is 179 Å². The number of benzene rings is 1. The highest BCUT2D eigenvalue weighted by molar-refractivity contribution is 7.09. The molecule has 7 nitrogen and oxygen atoms in total. The van der Waals surface area contributed by atoms with Crippen molar-refractivity contribution in [1.29, 1.82) is 0 Å². The summed E-state index contributed by atoms with van der Waals surface area (Å²) in [5, 5.41) is 9.01. The van der Waals surface area contributed by atoms with Gasteiger partial charge in [-0.2, -0.15) is 0 Å². The molecule has 0 bridgehead atoms. The van der Waals surface area contributed by atoms with Crippen molar-refractivity contribution in [3.8, 4) is 11.3 Å². The molecule has 1 fully saturated rings. The van der Waals surface area contributed by atoms with Gasteiger partial charge in [0.25, 0.3) is 12.4 Å². The predicted molar refractivity (Wildman–Crippen MR) is 116 cm³/mol. The van der Waals surface area contributed by atoms with Crippen LogP contribution in [0.15, 0.2) is 60.4 Å². The van der Waals surface area contributed by atoms with Gasteiger partial charge in [-0.05, 0) is 30.0 Å². The van der Waals surface area contributed by atoms with Crippen molar-refractivity contribution in [2.75, 3.05) is 26.2 Å². The third-order valence-electron chi connectivity index (χ3n) is 4.80. The third-order valence-corrected chi connectivity index (χ3v) is 5.66. The molecule has 4 rings (SSSR count). The van der Waals surface area contributed by atoms with Crippen LogP contribution in [0.25, 0.3) is 11.3 Å². The summed E-state index contributed by atoms with van der Waals surface area (Å²) >= 11 is 1.79. The molecule has 0 atom stereocenters. The van der Waals surface area contributed by atoms with Crippen LogP contribution in [0.5, 0.6) is 0 Å². The van der Waals surface area contributed by atoms with E-state index in [2.05, 4.69) is 32.4 Å². The molecule has 30 heavy (non-hydrogen) atoms. The summed E-state index contributed by atoms with van der Waals surface area (Å²) in [6, 6.07) is 12.0. The Bertz CT molecular complexity index is 935. The fraction of sp³-hybridized carbons (Fsp3) is 0.273. The van der Waals surface area contributed by atoms with Crippen LogP contribution in [0.3, 0.4) is 0 Å². The number of hydrogen-bond acceptors (Lipinski definition) is 6. The lowest BCUT2D eigenvalue weighted by Gasteiger charge is -2.22. The summed E-state index contributed by atoms with van der Waals surface area (Å²) in [5.41, 5.74) is 2.41. The van der Waals surface area contributed by atoms with E-state index in [0.717, 1.165) is 50.4 Å². The average Bonchev–Trinajstić information content (AvgIpc) is 3.18. The van der Waals surface area contributed by atoms with Gasteiger partial charge in [-0.1, -0.05) is 18.2 Å². The zero-order valence-electron chi connectivity index (χ0n) is 16.6. The number of aromatic nitrogens is 2. The number of carbonyl (C=O) groups excluding carboxylic acids is 1. The smallest absolute Gasteiger partial charge is 0.290 e. The first kappa shape index (κ1) is 21.6. The van der Waals surface area contributed by atoms with Gasteiger partial charge >= 0.3 is 0 Å². The lowest BCUT2D eigenvalue weighted by atomic mass is 10.1. The fourth-order valence-electron chi connectivity index (χ4n) is 3.40. The minimum atomic E-state index is -0.250. The maximum atomic E-state index is 13.0. The van der Waals surface area contributed by atoms with Crippen LogP contribution in [-0.2, 0) is 11.3 Å². The molecular weight excluding hydrogens is 400 g/mol. The number of rotatable bonds is 4. The Morgan fingerprint density at radius 3 is 2.73 bits per heavy atom. The monoisotopic (exact) mass is 424 g/mol. The van der Waals surface area contributed by atoms with E-state index >= 15 is 0 Å². The highest BCUT2D eigenvalue weighted by Gasteiger charge is 2.21. The van der Waals surface area contributed by atoms with Crippen LogP contribution >= 0.6 is 11.3 Å². The molecule has 1 amide bonds. The molecule has 1 aliphatic rings. The van der Waals surface area contributed by atoms with Gasteiger partial charge in [-0.15, -0.1) is 11.3 Å². The lowest BCUT2D eigenvalue weighted by Crippen LogP contribution is -2.35. The van der Waals surface area contributed by atoms with Gasteiger partial charge < -0.3 is 10.0 Å². The second-order valence-electron chi connectivity index (χ2n) is 6.78. The summed E-state index contributed by atoms with van der Waals surface area (Å²) < 4.78 is 0. The van der Waals surface area contributed by atoms with Crippen molar-refractivity contribution in [2.45, 2.75) is 13.0 Å². The lowest BCUT2D eigenvalue weighted by molar-refractivity contribution is -0.122. The molecule has 3 heterocycles. The maximum absolute atomic E-state index is 13.0. The van der Waals surface area contributed by atoms with Gasteiger partial charge in [0.2, 0.25) is 0 Å². The Morgan fingerprint density at radius 1 is 1.13 bits per heavy atom. The topological polar surface area (TPSA) is 86.6 Å². The molecule has 1 saturated heterocycles. The highest BCUT2D eigenvalue weighted by atomic mass is 32.1. The normalized spacial score (nSPS) is 14.3. The number of carboxylic acid groups (broad SMARTS) is 1. The first-order valence-corrected chi connectivity index (χ1v) is 10.6. The molecule has 3 aromatic rings. The van der Waals surface area contributed by atoms with Crippen molar-refractivity contribution in [3.63, 3.8) is 0 Å². The van der Waals surface area contributed by atoms with Gasteiger partial charge in [0, 0.05) is 61.1 Å². The summed E-state index contributed by atoms with van der Waals surface area (Å²) in [5.74, 6) is 0.0960. The van der Waals surface area contributed by atoms with Crippen molar-refractivity contribution in [1.82, 2.24) is 19.8 Å². The minimum absolute atomic E-state index is 0.0960. The second kappa shape index (κ2) is 11.2. The molecule has 8 heteroatoms. The predicted octanol–water partition coefficient (Wildman–Crippen LogP) is 3.25. The summed E-state index contributed by atoms with van der Waals surface area (Å²) in [6.07, 6.45) is 6.04. The van der Waals surface area contributed by atoms with E-state index in [4.69, 9.17) is 9.90 Å². The van der Waals surface area contributed by atoms with Crippen molar-refractivity contribution in [3.05, 3.63) is 70.8 Å². The Morgan fingerprint density at radius 2 is 2.00 bits per heavy atom. The van der Waals surface area contributed by atoms with Gasteiger partial charge in [0.1, 0.15) is 0 Å². The molecule has 1 N–H and O–H groups in total. The van der Waals surface area contributed by atoms with Crippen molar-refractivity contribution in [2.24, 2.45) is 0 Å². The largest absolute Gasteiger partial charge is 0.483 e. The van der Waals surface area contributed by atoms with Crippen LogP contribution in [0.1, 0.15) is 21.7 Å². The third kappa shape index (κ3) is 5.95. The van der Waals surface area contributed by atoms with Gasteiger partial charge in [0.05, 0.1) is 11.9 Å². The first-order valence-electron chi connectivity index (χ1n) is 9.69. The Balaban J connectivity index is 0.000000806. The molecule has 156 valence electrons. The van der Waals surface area contributed by atoms with E-state index in [0.29, 0.717) is 5.56 Å². The van der Waals surface area contributed by atoms with Crippen LogP contribution in [0.4, 0.5) is 0 Å². The maximum Gasteiger partial charge on any atom is 0.290 e. The molecule has 1 aliphatic heterocycles. The van der Waals surface area contributed by atoms with Crippen LogP contribution in [-0.4, -0.2) is 63.4 Å². The standard InChI is InChI=1S/C21H22N4OS.CH2O2/c26-21(18-5-1-4-17(14-18)20-15-22-7-8-23-20)25-10-3-9-24(11-12-25)16-19-6-2-13-27-19;2-1-3/h1-2,4-8,13-15H,3,9-12,16H2;1H,(H,2,3). The van der Waals surface area contributed by atoms with E-state index in [1.165, 1.54) is 4.88 Å². The van der Waals surface area contributed by atoms with E-state index in [1.54, 1.807) is 29.9 Å². The molecule has 0 spiro atoms. The van der Waals surface area contributed by atoms with E-state index in [1.807, 2.05) is 29.2 Å². The van der Waals surface area contributed by atoms with Gasteiger partial charge in [0.15, 0.2) is 0 Å². The van der Waals surface area contributed by atoms with Crippen LogP contribution < -0.4 is 0 Å². The molecule has 0 unspecified atom stereocenters. The second-order valence-corrected chi connectivity index (χ2v) is 7.81. The van der Waals surface area contributed by atoms with Gasteiger partial charge in [-0.3, -0.25) is 24.5 Å². The van der Waals surface area contributed by atoms with Crippen molar-refractivity contribution < 1.29 is 14.7 Å². The first-order chi connectivity index (χ1) is 14.7. The molecule has 2 aromatic heterocycles. The number of thiophene rings is 1. The summed E-state index contributed by atoms with van der Waals surface area (Å²) in [4.78, 5) is 35.6. The highest BCUT2D eigenvalue weighted by Crippen LogP contribution is 2.19. The Kier molecular flexibility index (Phi) is 8.05. The average molecular weight is 425 g/mol. The quantitative estimate of drug-likeness (QED) is 0.647. The minimum Gasteiger partial charge on any atom is -0.483 e. The zero-order valence-corrected chi connectivity index (χ0v) is 17.4. The Hall–Kier alpha value is -3.10. The number of carbonyl (C=O) groups is 2. The SMILES string of the molecule is O=C(c1cccc(-c2cnccn2)c1)N1CCCN(Cc2cccs2)CC1.O=CO. The number of nitrogens with zero attached hydrogens (tertiary/aromatic N) is 4. The molecule has 1 aromatic carbocycles.